The summed E-state index contributed by atoms with van der Waals surface area (Å²) < 4.78 is 5.24. The molecule has 21 heavy (non-hydrogen) atoms. The summed E-state index contributed by atoms with van der Waals surface area (Å²) in [6, 6.07) is 14.0. The first-order chi connectivity index (χ1) is 10.1. The summed E-state index contributed by atoms with van der Waals surface area (Å²) in [6.07, 6.45) is -0.456. The van der Waals surface area contributed by atoms with Crippen LogP contribution in [0.25, 0.3) is 0 Å². The molecule has 5 heteroatoms. The molecule has 0 aliphatic carbocycles. The maximum absolute atomic E-state index is 12.1. The van der Waals surface area contributed by atoms with Crippen molar-refractivity contribution in [1.82, 2.24) is 0 Å². The molecule has 1 heterocycles. The highest BCUT2D eigenvalue weighted by atomic mass is 35.5. The number of halogens is 1. The number of carbonyl (C=O) groups is 2. The number of carbonyl (C=O) groups excluding carboxylic acids is 2. The van der Waals surface area contributed by atoms with E-state index in [0.29, 0.717) is 16.3 Å². The maximum Gasteiger partial charge on any atom is 0.339 e. The Bertz CT molecular complexity index is 714. The van der Waals surface area contributed by atoms with Crippen LogP contribution >= 0.6 is 11.6 Å². The van der Waals surface area contributed by atoms with Crippen molar-refractivity contribution in [2.24, 2.45) is 0 Å². The SMILES string of the molecule is O=C(C[C@@H]1OC(=O)c2ccccc21)Nc1cccc(Cl)c1. The molecule has 0 unspecified atom stereocenters. The maximum atomic E-state index is 12.1. The fourth-order valence-electron chi connectivity index (χ4n) is 2.32. The van der Waals surface area contributed by atoms with E-state index in [0.717, 1.165) is 5.56 Å². The second-order valence-corrected chi connectivity index (χ2v) is 5.18. The number of amides is 1. The Hall–Kier alpha value is -2.33. The van der Waals surface area contributed by atoms with Crippen LogP contribution in [0.3, 0.4) is 0 Å². The van der Waals surface area contributed by atoms with E-state index >= 15 is 0 Å². The molecule has 2 aromatic rings. The highest BCUT2D eigenvalue weighted by Crippen LogP contribution is 2.33. The number of cyclic esters (lactones) is 1. The van der Waals surface area contributed by atoms with Crippen molar-refractivity contribution in [3.8, 4) is 0 Å². The van der Waals surface area contributed by atoms with Gasteiger partial charge in [0.15, 0.2) is 0 Å². The molecule has 106 valence electrons. The number of benzene rings is 2. The van der Waals surface area contributed by atoms with Crippen molar-refractivity contribution in [2.75, 3.05) is 5.32 Å². The normalized spacial score (nSPS) is 16.2. The number of ether oxygens (including phenoxy) is 1. The minimum Gasteiger partial charge on any atom is -0.453 e. The quantitative estimate of drug-likeness (QED) is 0.882. The molecule has 0 aromatic heterocycles. The molecule has 0 bridgehead atoms. The molecule has 1 atom stereocenters. The van der Waals surface area contributed by atoms with Gasteiger partial charge in [-0.1, -0.05) is 35.9 Å². The molecular formula is C16H12ClNO3. The van der Waals surface area contributed by atoms with Crippen molar-refractivity contribution in [3.63, 3.8) is 0 Å². The number of hydrogen-bond donors (Lipinski definition) is 1. The molecule has 4 nitrogen and oxygen atoms in total. The van der Waals surface area contributed by atoms with E-state index in [2.05, 4.69) is 5.32 Å². The van der Waals surface area contributed by atoms with Crippen LogP contribution in [-0.2, 0) is 9.53 Å². The third kappa shape index (κ3) is 2.90. The minimum absolute atomic E-state index is 0.0786. The first-order valence-electron chi connectivity index (χ1n) is 6.49. The van der Waals surface area contributed by atoms with Crippen LogP contribution in [0.5, 0.6) is 0 Å². The minimum atomic E-state index is -0.534. The van der Waals surface area contributed by atoms with Gasteiger partial charge in [-0.15, -0.1) is 0 Å². The fourth-order valence-corrected chi connectivity index (χ4v) is 2.51. The van der Waals surface area contributed by atoms with E-state index in [9.17, 15) is 9.59 Å². The predicted octanol–water partition coefficient (Wildman–Crippen LogP) is 3.58. The van der Waals surface area contributed by atoms with Gasteiger partial charge in [-0.05, 0) is 24.3 Å². The lowest BCUT2D eigenvalue weighted by molar-refractivity contribution is -0.118. The van der Waals surface area contributed by atoms with E-state index in [-0.39, 0.29) is 18.3 Å². The lowest BCUT2D eigenvalue weighted by Gasteiger charge is -2.11. The molecule has 0 radical (unpaired) electrons. The van der Waals surface area contributed by atoms with Gasteiger partial charge >= 0.3 is 5.97 Å². The van der Waals surface area contributed by atoms with Crippen LogP contribution in [0, 0.1) is 0 Å². The lowest BCUT2D eigenvalue weighted by atomic mass is 10.0. The summed E-state index contributed by atoms with van der Waals surface area (Å²) in [6.45, 7) is 0. The number of anilines is 1. The van der Waals surface area contributed by atoms with E-state index in [4.69, 9.17) is 16.3 Å². The van der Waals surface area contributed by atoms with E-state index in [1.54, 1.807) is 42.5 Å². The second kappa shape index (κ2) is 5.58. The Labute approximate surface area is 126 Å². The highest BCUT2D eigenvalue weighted by Gasteiger charge is 2.31. The summed E-state index contributed by atoms with van der Waals surface area (Å²) in [7, 11) is 0. The van der Waals surface area contributed by atoms with Gasteiger partial charge in [0.1, 0.15) is 6.10 Å². The van der Waals surface area contributed by atoms with Gasteiger partial charge in [0.2, 0.25) is 5.91 Å². The predicted molar refractivity (Wildman–Crippen MR) is 79.3 cm³/mol. The van der Waals surface area contributed by atoms with Crippen LogP contribution in [0.4, 0.5) is 5.69 Å². The van der Waals surface area contributed by atoms with Crippen molar-refractivity contribution >= 4 is 29.2 Å². The summed E-state index contributed by atoms with van der Waals surface area (Å²) in [5.74, 6) is -0.613. The van der Waals surface area contributed by atoms with Gasteiger partial charge in [0, 0.05) is 16.3 Å². The Kier molecular flexibility index (Phi) is 3.62. The van der Waals surface area contributed by atoms with Crippen LogP contribution in [0.2, 0.25) is 5.02 Å². The van der Waals surface area contributed by atoms with Gasteiger partial charge in [0.25, 0.3) is 0 Å². The molecule has 1 amide bonds. The smallest absolute Gasteiger partial charge is 0.339 e. The number of nitrogens with one attached hydrogen (secondary N) is 1. The zero-order chi connectivity index (χ0) is 14.8. The number of hydrogen-bond acceptors (Lipinski definition) is 3. The molecule has 3 rings (SSSR count). The van der Waals surface area contributed by atoms with Gasteiger partial charge < -0.3 is 10.1 Å². The van der Waals surface area contributed by atoms with Gasteiger partial charge in [-0.2, -0.15) is 0 Å². The van der Waals surface area contributed by atoms with Crippen LogP contribution < -0.4 is 5.32 Å². The molecular weight excluding hydrogens is 290 g/mol. The second-order valence-electron chi connectivity index (χ2n) is 4.74. The zero-order valence-corrected chi connectivity index (χ0v) is 11.8. The molecule has 0 fully saturated rings. The number of rotatable bonds is 3. The standard InChI is InChI=1S/C16H12ClNO3/c17-10-4-3-5-11(8-10)18-15(19)9-14-12-6-1-2-7-13(12)16(20)21-14/h1-8,14H,9H2,(H,18,19)/t14-/m0/s1. The summed E-state index contributed by atoms with van der Waals surface area (Å²) in [4.78, 5) is 23.7. The largest absolute Gasteiger partial charge is 0.453 e. The van der Waals surface area contributed by atoms with Gasteiger partial charge in [0.05, 0.1) is 12.0 Å². The van der Waals surface area contributed by atoms with Crippen molar-refractivity contribution in [3.05, 3.63) is 64.7 Å². The third-order valence-corrected chi connectivity index (χ3v) is 3.49. The topological polar surface area (TPSA) is 55.4 Å². The summed E-state index contributed by atoms with van der Waals surface area (Å²) >= 11 is 5.86. The molecule has 0 saturated carbocycles. The zero-order valence-electron chi connectivity index (χ0n) is 11.0. The average Bonchev–Trinajstić information content (AvgIpc) is 2.76. The van der Waals surface area contributed by atoms with Gasteiger partial charge in [-0.25, -0.2) is 4.79 Å². The Morgan fingerprint density at radius 1 is 1.19 bits per heavy atom. The van der Waals surface area contributed by atoms with E-state index in [1.165, 1.54) is 0 Å². The Balaban J connectivity index is 1.70. The highest BCUT2D eigenvalue weighted by molar-refractivity contribution is 6.30. The Morgan fingerprint density at radius 2 is 2.00 bits per heavy atom. The molecule has 1 aliphatic heterocycles. The molecule has 0 spiro atoms. The first kappa shape index (κ1) is 13.6. The van der Waals surface area contributed by atoms with Crippen LogP contribution in [-0.4, -0.2) is 11.9 Å². The average molecular weight is 302 g/mol. The molecule has 0 saturated heterocycles. The third-order valence-electron chi connectivity index (χ3n) is 3.26. The lowest BCUT2D eigenvalue weighted by Crippen LogP contribution is -2.15. The van der Waals surface area contributed by atoms with Crippen molar-refractivity contribution < 1.29 is 14.3 Å². The fraction of sp³-hybridized carbons (Fsp3) is 0.125. The summed E-state index contributed by atoms with van der Waals surface area (Å²) in [5.41, 5.74) is 1.90. The van der Waals surface area contributed by atoms with Crippen molar-refractivity contribution in [1.29, 1.82) is 0 Å². The van der Waals surface area contributed by atoms with E-state index in [1.807, 2.05) is 6.07 Å². The van der Waals surface area contributed by atoms with Gasteiger partial charge in [-0.3, -0.25) is 4.79 Å². The Morgan fingerprint density at radius 3 is 2.81 bits per heavy atom. The monoisotopic (exact) mass is 301 g/mol. The summed E-state index contributed by atoms with van der Waals surface area (Å²) in [5, 5.41) is 3.29. The van der Waals surface area contributed by atoms with Crippen LogP contribution in [0.1, 0.15) is 28.4 Å². The first-order valence-corrected chi connectivity index (χ1v) is 6.86. The molecule has 1 N–H and O–H groups in total. The molecule has 1 aliphatic rings. The number of fused-ring (bicyclic) bond motifs is 1. The van der Waals surface area contributed by atoms with E-state index < -0.39 is 6.10 Å². The van der Waals surface area contributed by atoms with Crippen molar-refractivity contribution in [2.45, 2.75) is 12.5 Å². The van der Waals surface area contributed by atoms with Crippen LogP contribution in [0.15, 0.2) is 48.5 Å². The molecule has 2 aromatic carbocycles. The number of esters is 1.